The van der Waals surface area contributed by atoms with Crippen LogP contribution in [0, 0.1) is 18.7 Å². The fourth-order valence-corrected chi connectivity index (χ4v) is 4.52. The molecule has 0 radical (unpaired) electrons. The fourth-order valence-electron chi connectivity index (χ4n) is 4.52. The van der Waals surface area contributed by atoms with Crippen molar-refractivity contribution < 1.29 is 28.6 Å². The van der Waals surface area contributed by atoms with Crippen LogP contribution in [-0.2, 0) is 4.79 Å². The molecule has 1 aliphatic carbocycles. The molecule has 1 saturated carbocycles. The number of halogens is 1. The number of β-amino-alcohol motifs (C(OH)–C–C–N with tert-alkyl or cyclic N) is 1. The summed E-state index contributed by atoms with van der Waals surface area (Å²) in [5, 5.41) is 13.2. The minimum absolute atomic E-state index is 0.0435. The largest absolute Gasteiger partial charge is 0.494 e. The number of aromatic amines is 1. The second kappa shape index (κ2) is 9.38. The standard InChI is InChI=1S/C25H28FN5O5/c1-12-21(25(34)30-17-8-31(13(2)32)9-18(17)33)23-24(29-12)22(27-11-28-23)15-6-20(35-3)16(26)7-19(15)36-10-14-4-5-14/h6-7,11,14,17-18,29,33H,4-5,8-10H2,1-3H3,(H,30,34)/t17-,18-/m1/s1. The summed E-state index contributed by atoms with van der Waals surface area (Å²) in [5.74, 6) is -0.310. The number of aromatic nitrogens is 3. The summed E-state index contributed by atoms with van der Waals surface area (Å²) in [6, 6.07) is 2.22. The molecule has 3 aromatic rings. The Hall–Kier alpha value is -3.73. The zero-order valence-electron chi connectivity index (χ0n) is 20.3. The van der Waals surface area contributed by atoms with Crippen molar-refractivity contribution in [2.24, 2.45) is 5.92 Å². The van der Waals surface area contributed by atoms with E-state index in [1.165, 1.54) is 37.4 Å². The van der Waals surface area contributed by atoms with Crippen LogP contribution >= 0.6 is 0 Å². The molecule has 36 heavy (non-hydrogen) atoms. The van der Waals surface area contributed by atoms with Crippen LogP contribution in [0.15, 0.2) is 18.5 Å². The van der Waals surface area contributed by atoms with E-state index in [1.807, 2.05) is 0 Å². The quantitative estimate of drug-likeness (QED) is 0.456. The van der Waals surface area contributed by atoms with Gasteiger partial charge in [0.05, 0.1) is 36.9 Å². The molecule has 190 valence electrons. The number of aliphatic hydroxyl groups excluding tert-OH is 1. The van der Waals surface area contributed by atoms with Gasteiger partial charge >= 0.3 is 0 Å². The molecule has 3 N–H and O–H groups in total. The molecule has 1 aliphatic heterocycles. The van der Waals surface area contributed by atoms with Crippen molar-refractivity contribution in [3.8, 4) is 22.8 Å². The van der Waals surface area contributed by atoms with Gasteiger partial charge in [-0.15, -0.1) is 0 Å². The minimum Gasteiger partial charge on any atom is -0.494 e. The van der Waals surface area contributed by atoms with Gasteiger partial charge < -0.3 is 29.8 Å². The lowest BCUT2D eigenvalue weighted by Gasteiger charge is -2.16. The van der Waals surface area contributed by atoms with Gasteiger partial charge in [0.25, 0.3) is 5.91 Å². The number of nitrogens with one attached hydrogen (secondary N) is 2. The number of aryl methyl sites for hydroxylation is 1. The van der Waals surface area contributed by atoms with E-state index in [-0.39, 0.29) is 24.7 Å². The van der Waals surface area contributed by atoms with Gasteiger partial charge in [0.1, 0.15) is 23.3 Å². The van der Waals surface area contributed by atoms with E-state index in [1.54, 1.807) is 6.92 Å². The highest BCUT2D eigenvalue weighted by Gasteiger charge is 2.35. The number of aliphatic hydroxyl groups is 1. The SMILES string of the molecule is COc1cc(-c2ncnc3c(C(=O)N[C@@H]4CN(C(C)=O)C[C@H]4O)c(C)[nH]c23)c(OCC2CC2)cc1F. The molecule has 2 fully saturated rings. The van der Waals surface area contributed by atoms with Crippen LogP contribution < -0.4 is 14.8 Å². The summed E-state index contributed by atoms with van der Waals surface area (Å²) < 4.78 is 25.7. The number of nitrogens with zero attached hydrogens (tertiary/aromatic N) is 3. The number of carbonyl (C=O) groups is 2. The van der Waals surface area contributed by atoms with Crippen LogP contribution in [0.4, 0.5) is 4.39 Å². The van der Waals surface area contributed by atoms with Crippen molar-refractivity contribution in [1.29, 1.82) is 0 Å². The molecule has 1 saturated heterocycles. The first-order chi connectivity index (χ1) is 17.3. The maximum Gasteiger partial charge on any atom is 0.255 e. The number of fused-ring (bicyclic) bond motifs is 1. The Morgan fingerprint density at radius 2 is 2.03 bits per heavy atom. The first-order valence-electron chi connectivity index (χ1n) is 11.8. The highest BCUT2D eigenvalue weighted by molar-refractivity contribution is 6.09. The molecule has 5 rings (SSSR count). The predicted molar refractivity (Wildman–Crippen MR) is 128 cm³/mol. The normalized spacial score (nSPS) is 19.5. The fraction of sp³-hybridized carbons (Fsp3) is 0.440. The van der Waals surface area contributed by atoms with Crippen LogP contribution in [0.25, 0.3) is 22.3 Å². The molecule has 2 amide bonds. The Kier molecular flexibility index (Phi) is 6.25. The third-order valence-electron chi connectivity index (χ3n) is 6.73. The number of carbonyl (C=O) groups excluding carboxylic acids is 2. The lowest BCUT2D eigenvalue weighted by Crippen LogP contribution is -2.43. The Bertz CT molecular complexity index is 1340. The Morgan fingerprint density at radius 3 is 2.69 bits per heavy atom. The Balaban J connectivity index is 1.51. The van der Waals surface area contributed by atoms with Crippen LogP contribution in [0.5, 0.6) is 11.5 Å². The summed E-state index contributed by atoms with van der Waals surface area (Å²) >= 11 is 0. The zero-order chi connectivity index (χ0) is 25.6. The van der Waals surface area contributed by atoms with Crippen molar-refractivity contribution in [3.63, 3.8) is 0 Å². The zero-order valence-corrected chi connectivity index (χ0v) is 20.3. The second-order valence-corrected chi connectivity index (χ2v) is 9.38. The molecule has 2 aliphatic rings. The lowest BCUT2D eigenvalue weighted by atomic mass is 10.1. The number of H-pyrrole nitrogens is 1. The molecule has 3 heterocycles. The van der Waals surface area contributed by atoms with Crippen molar-refractivity contribution in [3.05, 3.63) is 35.5 Å². The number of rotatable bonds is 7. The summed E-state index contributed by atoms with van der Waals surface area (Å²) in [7, 11) is 1.38. The minimum atomic E-state index is -0.869. The van der Waals surface area contributed by atoms with Gasteiger partial charge in [0.2, 0.25) is 5.91 Å². The van der Waals surface area contributed by atoms with Crippen LogP contribution in [-0.4, -0.2) is 75.7 Å². The number of likely N-dealkylation sites (tertiary alicyclic amines) is 1. The maximum absolute atomic E-state index is 14.5. The molecular weight excluding hydrogens is 469 g/mol. The highest BCUT2D eigenvalue weighted by Crippen LogP contribution is 2.39. The second-order valence-electron chi connectivity index (χ2n) is 9.38. The summed E-state index contributed by atoms with van der Waals surface area (Å²) in [4.78, 5) is 38.4. The topological polar surface area (TPSA) is 130 Å². The molecule has 0 unspecified atom stereocenters. The van der Waals surface area contributed by atoms with Gasteiger partial charge in [-0.3, -0.25) is 9.59 Å². The van der Waals surface area contributed by atoms with Crippen LogP contribution in [0.3, 0.4) is 0 Å². The Labute approximate surface area is 206 Å². The van der Waals surface area contributed by atoms with E-state index >= 15 is 0 Å². The van der Waals surface area contributed by atoms with Crippen molar-refractivity contribution in [1.82, 2.24) is 25.2 Å². The number of ether oxygens (including phenoxy) is 2. The molecule has 10 nitrogen and oxygen atoms in total. The van der Waals surface area contributed by atoms with Crippen molar-refractivity contribution in [2.75, 3.05) is 26.8 Å². The first-order valence-corrected chi connectivity index (χ1v) is 11.8. The molecule has 1 aromatic carbocycles. The molecule has 2 atom stereocenters. The van der Waals surface area contributed by atoms with Gasteiger partial charge in [0.15, 0.2) is 11.6 Å². The predicted octanol–water partition coefficient (Wildman–Crippen LogP) is 2.19. The van der Waals surface area contributed by atoms with Gasteiger partial charge in [-0.05, 0) is 31.7 Å². The van der Waals surface area contributed by atoms with Crippen LogP contribution in [0.1, 0.15) is 35.8 Å². The van der Waals surface area contributed by atoms with Crippen molar-refractivity contribution in [2.45, 2.75) is 38.8 Å². The molecule has 2 aromatic heterocycles. The number of benzene rings is 1. The van der Waals surface area contributed by atoms with E-state index in [0.29, 0.717) is 51.8 Å². The smallest absolute Gasteiger partial charge is 0.255 e. The van der Waals surface area contributed by atoms with E-state index in [9.17, 15) is 19.1 Å². The maximum atomic E-state index is 14.5. The average molecular weight is 498 g/mol. The third kappa shape index (κ3) is 4.46. The van der Waals surface area contributed by atoms with Gasteiger partial charge in [-0.2, -0.15) is 0 Å². The number of amides is 2. The number of hydrogen-bond donors (Lipinski definition) is 3. The van der Waals surface area contributed by atoms with E-state index in [0.717, 1.165) is 12.8 Å². The number of hydrogen-bond acceptors (Lipinski definition) is 7. The average Bonchev–Trinajstić information content (AvgIpc) is 3.51. The van der Waals surface area contributed by atoms with Crippen molar-refractivity contribution >= 4 is 22.8 Å². The lowest BCUT2D eigenvalue weighted by molar-refractivity contribution is -0.128. The highest BCUT2D eigenvalue weighted by atomic mass is 19.1. The summed E-state index contributed by atoms with van der Waals surface area (Å²) in [6.07, 6.45) is 2.63. The van der Waals surface area contributed by atoms with Gasteiger partial charge in [0, 0.05) is 37.3 Å². The molecular formula is C25H28FN5O5. The number of methoxy groups -OCH3 is 1. The summed E-state index contributed by atoms with van der Waals surface area (Å²) in [6.45, 7) is 4.02. The molecule has 0 bridgehead atoms. The van der Waals surface area contributed by atoms with Gasteiger partial charge in [-0.1, -0.05) is 0 Å². The third-order valence-corrected chi connectivity index (χ3v) is 6.73. The first kappa shape index (κ1) is 24.0. The molecule has 11 heteroatoms. The molecule has 0 spiro atoms. The van der Waals surface area contributed by atoms with Crippen LogP contribution in [0.2, 0.25) is 0 Å². The van der Waals surface area contributed by atoms with E-state index < -0.39 is 23.9 Å². The van der Waals surface area contributed by atoms with Gasteiger partial charge in [-0.25, -0.2) is 14.4 Å². The monoisotopic (exact) mass is 497 g/mol. The van der Waals surface area contributed by atoms with E-state index in [2.05, 4.69) is 20.3 Å². The summed E-state index contributed by atoms with van der Waals surface area (Å²) in [5.41, 5.74) is 2.67. The van der Waals surface area contributed by atoms with E-state index in [4.69, 9.17) is 9.47 Å². The Morgan fingerprint density at radius 1 is 1.25 bits per heavy atom.